The lowest BCUT2D eigenvalue weighted by Crippen LogP contribution is -2.18. The first-order valence-corrected chi connectivity index (χ1v) is 10.0. The van der Waals surface area contributed by atoms with Crippen LogP contribution in [0.2, 0.25) is 0 Å². The smallest absolute Gasteiger partial charge is 0.224 e. The van der Waals surface area contributed by atoms with E-state index in [-0.39, 0.29) is 5.91 Å². The van der Waals surface area contributed by atoms with E-state index in [0.29, 0.717) is 12.8 Å². The predicted molar refractivity (Wildman–Crippen MR) is 109 cm³/mol. The molecule has 1 aliphatic rings. The number of aryl methyl sites for hydroxylation is 2. The van der Waals surface area contributed by atoms with E-state index >= 15 is 0 Å². The van der Waals surface area contributed by atoms with Crippen molar-refractivity contribution in [2.45, 2.75) is 32.6 Å². The number of para-hydroxylation sites is 1. The van der Waals surface area contributed by atoms with E-state index in [1.807, 2.05) is 24.3 Å². The molecule has 0 bridgehead atoms. The molecule has 0 unspecified atom stereocenters. The molecular formula is C21H23N3OS. The summed E-state index contributed by atoms with van der Waals surface area (Å²) in [6.45, 7) is 4.32. The normalized spacial score (nSPS) is 14.1. The zero-order valence-corrected chi connectivity index (χ0v) is 15.8. The first-order chi connectivity index (χ1) is 12.7. The molecule has 1 saturated heterocycles. The predicted octanol–water partition coefficient (Wildman–Crippen LogP) is 4.78. The highest BCUT2D eigenvalue weighted by Gasteiger charge is 2.14. The number of rotatable bonds is 5. The third-order valence-corrected chi connectivity index (χ3v) is 5.96. The number of carbonyl (C=O) groups is 1. The Morgan fingerprint density at radius 1 is 1.19 bits per heavy atom. The first-order valence-electron chi connectivity index (χ1n) is 9.19. The number of nitrogens with one attached hydrogen (secondary N) is 1. The minimum absolute atomic E-state index is 0.0429. The number of hydrogen-bond donors (Lipinski definition) is 1. The van der Waals surface area contributed by atoms with Gasteiger partial charge in [0.05, 0.1) is 15.2 Å². The molecule has 0 atom stereocenters. The van der Waals surface area contributed by atoms with Gasteiger partial charge in [0.2, 0.25) is 5.91 Å². The highest BCUT2D eigenvalue weighted by molar-refractivity contribution is 7.18. The van der Waals surface area contributed by atoms with Crippen LogP contribution in [0.1, 0.15) is 29.8 Å². The second kappa shape index (κ2) is 7.46. The zero-order chi connectivity index (χ0) is 17.9. The van der Waals surface area contributed by atoms with Crippen LogP contribution in [-0.4, -0.2) is 24.0 Å². The first kappa shape index (κ1) is 17.0. The monoisotopic (exact) mass is 365 g/mol. The van der Waals surface area contributed by atoms with Crippen LogP contribution in [0.5, 0.6) is 0 Å². The number of aromatic nitrogens is 1. The van der Waals surface area contributed by atoms with Crippen LogP contribution in [0.15, 0.2) is 42.5 Å². The van der Waals surface area contributed by atoms with Crippen molar-refractivity contribution in [3.63, 3.8) is 0 Å². The Bertz CT molecular complexity index is 895. The Hall–Kier alpha value is -2.40. The molecule has 4 rings (SSSR count). The van der Waals surface area contributed by atoms with Gasteiger partial charge in [0.1, 0.15) is 0 Å². The minimum atomic E-state index is 0.0429. The van der Waals surface area contributed by atoms with Crippen LogP contribution in [0.4, 0.5) is 11.4 Å². The van der Waals surface area contributed by atoms with Gasteiger partial charge in [-0.3, -0.25) is 4.79 Å². The molecule has 3 aromatic rings. The van der Waals surface area contributed by atoms with Crippen molar-refractivity contribution in [3.05, 3.63) is 53.0 Å². The van der Waals surface area contributed by atoms with Crippen LogP contribution >= 0.6 is 11.3 Å². The third kappa shape index (κ3) is 3.73. The SMILES string of the molecule is Cc1cc(N2CCCC2)ccc1NC(=O)CCc1nc2ccccc2s1. The van der Waals surface area contributed by atoms with Crippen LogP contribution < -0.4 is 10.2 Å². The number of amides is 1. The summed E-state index contributed by atoms with van der Waals surface area (Å²) in [5.41, 5.74) is 4.29. The lowest BCUT2D eigenvalue weighted by molar-refractivity contribution is -0.116. The van der Waals surface area contributed by atoms with Crippen molar-refractivity contribution in [2.75, 3.05) is 23.3 Å². The molecule has 1 N–H and O–H groups in total. The summed E-state index contributed by atoms with van der Waals surface area (Å²) in [5.74, 6) is 0.0429. The molecule has 134 valence electrons. The van der Waals surface area contributed by atoms with Gasteiger partial charge in [0.15, 0.2) is 0 Å². The fourth-order valence-electron chi connectivity index (χ4n) is 3.42. The molecule has 0 spiro atoms. The number of nitrogens with zero attached hydrogens (tertiary/aromatic N) is 2. The molecule has 4 nitrogen and oxygen atoms in total. The quantitative estimate of drug-likeness (QED) is 0.708. The maximum Gasteiger partial charge on any atom is 0.224 e. The fraction of sp³-hybridized carbons (Fsp3) is 0.333. The van der Waals surface area contributed by atoms with Crippen molar-refractivity contribution < 1.29 is 4.79 Å². The van der Waals surface area contributed by atoms with E-state index in [1.54, 1.807) is 11.3 Å². The standard InChI is InChI=1S/C21H23N3OS/c1-15-14-16(24-12-4-5-13-24)8-9-17(15)22-20(25)10-11-21-23-18-6-2-3-7-19(18)26-21/h2-3,6-9,14H,4-5,10-13H2,1H3,(H,22,25). The summed E-state index contributed by atoms with van der Waals surface area (Å²) in [6, 6.07) is 14.4. The molecule has 26 heavy (non-hydrogen) atoms. The van der Waals surface area contributed by atoms with Gasteiger partial charge in [0, 0.05) is 37.3 Å². The summed E-state index contributed by atoms with van der Waals surface area (Å²) >= 11 is 1.67. The number of fused-ring (bicyclic) bond motifs is 1. The van der Waals surface area contributed by atoms with Crippen molar-refractivity contribution in [3.8, 4) is 0 Å². The number of anilines is 2. The molecule has 0 saturated carbocycles. The van der Waals surface area contributed by atoms with Gasteiger partial charge >= 0.3 is 0 Å². The van der Waals surface area contributed by atoms with Gasteiger partial charge in [-0.1, -0.05) is 12.1 Å². The van der Waals surface area contributed by atoms with Crippen LogP contribution in [-0.2, 0) is 11.2 Å². The van der Waals surface area contributed by atoms with Gasteiger partial charge in [-0.15, -0.1) is 11.3 Å². The highest BCUT2D eigenvalue weighted by atomic mass is 32.1. The van der Waals surface area contributed by atoms with Gasteiger partial charge in [-0.05, 0) is 55.7 Å². The second-order valence-corrected chi connectivity index (χ2v) is 7.93. The van der Waals surface area contributed by atoms with E-state index in [1.165, 1.54) is 23.2 Å². The van der Waals surface area contributed by atoms with E-state index in [2.05, 4.69) is 40.3 Å². The molecule has 2 aromatic carbocycles. The van der Waals surface area contributed by atoms with Crippen LogP contribution in [0, 0.1) is 6.92 Å². The largest absolute Gasteiger partial charge is 0.372 e. The minimum Gasteiger partial charge on any atom is -0.372 e. The third-order valence-electron chi connectivity index (χ3n) is 4.86. The Morgan fingerprint density at radius 3 is 2.77 bits per heavy atom. The van der Waals surface area contributed by atoms with Crippen molar-refractivity contribution in [1.29, 1.82) is 0 Å². The topological polar surface area (TPSA) is 45.2 Å². The van der Waals surface area contributed by atoms with Crippen LogP contribution in [0.3, 0.4) is 0 Å². The molecule has 2 heterocycles. The summed E-state index contributed by atoms with van der Waals surface area (Å²) < 4.78 is 1.18. The van der Waals surface area contributed by atoms with Gasteiger partial charge in [0.25, 0.3) is 0 Å². The number of benzene rings is 2. The highest BCUT2D eigenvalue weighted by Crippen LogP contribution is 2.26. The van der Waals surface area contributed by atoms with Crippen molar-refractivity contribution >= 4 is 38.8 Å². The molecule has 1 aromatic heterocycles. The van der Waals surface area contributed by atoms with E-state index in [4.69, 9.17) is 0 Å². The lowest BCUT2D eigenvalue weighted by Gasteiger charge is -2.19. The molecule has 1 fully saturated rings. The maximum absolute atomic E-state index is 12.3. The molecular weight excluding hydrogens is 342 g/mol. The number of thiazole rings is 1. The van der Waals surface area contributed by atoms with Gasteiger partial charge in [-0.2, -0.15) is 0 Å². The Labute approximate surface area is 157 Å². The average molecular weight is 366 g/mol. The molecule has 0 aliphatic carbocycles. The van der Waals surface area contributed by atoms with E-state index < -0.39 is 0 Å². The van der Waals surface area contributed by atoms with Gasteiger partial charge < -0.3 is 10.2 Å². The maximum atomic E-state index is 12.3. The summed E-state index contributed by atoms with van der Waals surface area (Å²) in [5, 5.41) is 4.07. The molecule has 5 heteroatoms. The van der Waals surface area contributed by atoms with Crippen LogP contribution in [0.25, 0.3) is 10.2 Å². The second-order valence-electron chi connectivity index (χ2n) is 6.82. The lowest BCUT2D eigenvalue weighted by atomic mass is 10.1. The summed E-state index contributed by atoms with van der Waals surface area (Å²) in [4.78, 5) is 19.4. The molecule has 1 amide bonds. The van der Waals surface area contributed by atoms with E-state index in [9.17, 15) is 4.79 Å². The zero-order valence-electron chi connectivity index (χ0n) is 15.0. The number of hydrogen-bond acceptors (Lipinski definition) is 4. The fourth-order valence-corrected chi connectivity index (χ4v) is 4.39. The van der Waals surface area contributed by atoms with Crippen molar-refractivity contribution in [1.82, 2.24) is 4.98 Å². The Kier molecular flexibility index (Phi) is 4.89. The molecule has 0 radical (unpaired) electrons. The van der Waals surface area contributed by atoms with E-state index in [0.717, 1.165) is 34.9 Å². The summed E-state index contributed by atoms with van der Waals surface area (Å²) in [6.07, 6.45) is 3.66. The Morgan fingerprint density at radius 2 is 2.00 bits per heavy atom. The summed E-state index contributed by atoms with van der Waals surface area (Å²) in [7, 11) is 0. The average Bonchev–Trinajstić information content (AvgIpc) is 3.31. The van der Waals surface area contributed by atoms with Gasteiger partial charge in [-0.25, -0.2) is 4.98 Å². The Balaban J connectivity index is 1.36. The molecule has 1 aliphatic heterocycles. The number of carbonyl (C=O) groups excluding carboxylic acids is 1. The van der Waals surface area contributed by atoms with Crippen molar-refractivity contribution in [2.24, 2.45) is 0 Å².